The van der Waals surface area contributed by atoms with Crippen molar-refractivity contribution in [3.8, 4) is 0 Å². The highest BCUT2D eigenvalue weighted by molar-refractivity contribution is 6.52. The lowest BCUT2D eigenvalue weighted by atomic mass is 9.41. The minimum Gasteiger partial charge on any atom is -0.434 e. The summed E-state index contributed by atoms with van der Waals surface area (Å²) in [6.07, 6.45) is -3.68. The molecule has 4 aliphatic rings. The van der Waals surface area contributed by atoms with Crippen LogP contribution in [0.4, 0.5) is 0 Å². The molecule has 2 unspecified atom stereocenters. The lowest BCUT2D eigenvalue weighted by Gasteiger charge is -2.66. The van der Waals surface area contributed by atoms with Crippen LogP contribution in [0.1, 0.15) is 118 Å². The topological polar surface area (TPSA) is 255 Å². The number of esters is 1. The second-order valence-electron chi connectivity index (χ2n) is 20.7. The number of ether oxygens (including phenoxy) is 2. The zero-order chi connectivity index (χ0) is 52.0. The van der Waals surface area contributed by atoms with Gasteiger partial charge in [0.15, 0.2) is 0 Å². The first-order chi connectivity index (χ1) is 35.0. The lowest BCUT2D eigenvalue weighted by molar-refractivity contribution is -0.285. The van der Waals surface area contributed by atoms with Crippen LogP contribution in [0.5, 0.6) is 0 Å². The van der Waals surface area contributed by atoms with E-state index in [1.165, 1.54) is 109 Å². The van der Waals surface area contributed by atoms with Gasteiger partial charge in [0.05, 0.1) is 42.3 Å². The van der Waals surface area contributed by atoms with Crippen LogP contribution in [-0.4, -0.2) is 114 Å². The summed E-state index contributed by atoms with van der Waals surface area (Å²) < 4.78 is 18.5. The fourth-order valence-electron chi connectivity index (χ4n) is 13.7. The van der Waals surface area contributed by atoms with Crippen molar-refractivity contribution in [2.24, 2.45) is 22.7 Å². The van der Waals surface area contributed by atoms with E-state index in [0.29, 0.717) is 25.7 Å². The van der Waals surface area contributed by atoms with E-state index in [-0.39, 0.29) is 53.9 Å². The van der Waals surface area contributed by atoms with E-state index in [9.17, 15) is 45.0 Å². The number of fused-ring (bicyclic) bond motifs is 5. The Bertz CT molecular complexity index is 2890. The first kappa shape index (κ1) is 51.6. The molecule has 0 amide bonds. The minimum atomic E-state index is -3.86. The Labute approximate surface area is 421 Å². The molecule has 1 aromatic heterocycles. The van der Waals surface area contributed by atoms with E-state index in [4.69, 9.17) is 13.9 Å². The summed E-state index contributed by atoms with van der Waals surface area (Å²) in [5.74, 6) is -8.61. The van der Waals surface area contributed by atoms with Crippen LogP contribution in [-0.2, 0) is 14.3 Å². The van der Waals surface area contributed by atoms with Gasteiger partial charge in [0, 0.05) is 40.0 Å². The number of aliphatic hydroxyl groups is 6. The average molecular weight is 997 g/mol. The van der Waals surface area contributed by atoms with Gasteiger partial charge in [0.1, 0.15) is 12.2 Å². The van der Waals surface area contributed by atoms with Gasteiger partial charge in [0.25, 0.3) is 11.4 Å². The molecule has 4 fully saturated rings. The zero-order valence-corrected chi connectivity index (χ0v) is 40.4. The van der Waals surface area contributed by atoms with E-state index in [2.05, 4.69) is 0 Å². The van der Waals surface area contributed by atoms with Gasteiger partial charge in [-0.15, -0.1) is 0 Å². The molecule has 15 heteroatoms. The third kappa shape index (κ3) is 8.16. The van der Waals surface area contributed by atoms with Crippen LogP contribution in [0.2, 0.25) is 0 Å². The maximum atomic E-state index is 16.1. The highest BCUT2D eigenvalue weighted by Crippen LogP contribution is 2.71. The molecule has 5 aromatic rings. The molecule has 0 radical (unpaired) electrons. The molecule has 4 saturated carbocycles. The molecular formula is C58H60O15. The summed E-state index contributed by atoms with van der Waals surface area (Å²) >= 11 is 0. The highest BCUT2D eigenvalue weighted by atomic mass is 16.6. The van der Waals surface area contributed by atoms with Gasteiger partial charge in [-0.25, -0.2) is 9.59 Å². The van der Waals surface area contributed by atoms with Crippen molar-refractivity contribution in [1.29, 1.82) is 0 Å². The highest BCUT2D eigenvalue weighted by Gasteiger charge is 2.77. The third-order valence-corrected chi connectivity index (χ3v) is 17.4. The molecule has 6 N–H and O–H groups in total. The van der Waals surface area contributed by atoms with Crippen molar-refractivity contribution >= 4 is 29.1 Å². The summed E-state index contributed by atoms with van der Waals surface area (Å²) in [5.41, 5.74) is -13.6. The Morgan fingerprint density at radius 2 is 1.23 bits per heavy atom. The summed E-state index contributed by atoms with van der Waals surface area (Å²) in [6.45, 7) is 0.201. The van der Waals surface area contributed by atoms with Crippen molar-refractivity contribution < 1.29 is 68.5 Å². The fourth-order valence-corrected chi connectivity index (χ4v) is 13.7. The largest absolute Gasteiger partial charge is 0.434 e. The normalized spacial score (nSPS) is 29.9. The van der Waals surface area contributed by atoms with Crippen LogP contribution in [0.3, 0.4) is 0 Å². The van der Waals surface area contributed by atoms with E-state index < -0.39 is 118 Å². The van der Waals surface area contributed by atoms with Gasteiger partial charge in [-0.1, -0.05) is 116 Å². The first-order valence-electron chi connectivity index (χ1n) is 24.9. The predicted molar refractivity (Wildman–Crippen MR) is 262 cm³/mol. The molecule has 0 spiro atoms. The number of rotatable bonds is 17. The molecule has 382 valence electrons. The van der Waals surface area contributed by atoms with Crippen molar-refractivity contribution in [2.45, 2.75) is 111 Å². The molecular weight excluding hydrogens is 937 g/mol. The number of carbonyl (C=O) groups excluding carboxylic acids is 5. The van der Waals surface area contributed by atoms with Gasteiger partial charge < -0.3 is 44.5 Å². The second kappa shape index (κ2) is 19.9. The van der Waals surface area contributed by atoms with E-state index in [1.807, 2.05) is 6.92 Å². The van der Waals surface area contributed by atoms with Crippen molar-refractivity contribution in [2.75, 3.05) is 13.2 Å². The van der Waals surface area contributed by atoms with Gasteiger partial charge in [-0.2, -0.15) is 0 Å². The molecule has 12 atom stereocenters. The van der Waals surface area contributed by atoms with Crippen LogP contribution < -0.4 is 5.63 Å². The Kier molecular flexibility index (Phi) is 14.0. The molecule has 1 heterocycles. The SMILES string of the molecule is C[C@]12CCC3[C@@H](CC[C@]4(O)CC(O[C@@](C(=O)c5ccccc5)([C@H](O)[C@H](O)CO)[C@](OC(=O)c5ccccc5)(C(=O)C(=O)c5ccccc5)C(=O)c5ccccc5)CC[C@]34CO)[C@@]1(O)CC[C@@H]2c1ccc(=O)oc1. The fraction of sp³-hybridized carbons (Fsp3) is 0.414. The summed E-state index contributed by atoms with van der Waals surface area (Å²) in [7, 11) is 0. The van der Waals surface area contributed by atoms with Crippen molar-refractivity contribution in [3.05, 3.63) is 178 Å². The first-order valence-corrected chi connectivity index (χ1v) is 24.9. The molecule has 9 rings (SSSR count). The lowest BCUT2D eigenvalue weighted by Crippen LogP contribution is -2.79. The maximum absolute atomic E-state index is 16.1. The number of benzene rings is 4. The van der Waals surface area contributed by atoms with Gasteiger partial charge in [-0.3, -0.25) is 19.2 Å². The Balaban J connectivity index is 1.21. The number of Topliss-reactive ketones (excluding diaryl/α,β-unsaturated/α-hetero) is 4. The zero-order valence-electron chi connectivity index (χ0n) is 40.4. The van der Waals surface area contributed by atoms with Crippen molar-refractivity contribution in [1.82, 2.24) is 0 Å². The van der Waals surface area contributed by atoms with E-state index >= 15 is 14.4 Å². The number of aliphatic hydroxyl groups excluding tert-OH is 4. The smallest absolute Gasteiger partial charge is 0.339 e. The molecule has 4 aromatic carbocycles. The number of hydrogen-bond acceptors (Lipinski definition) is 15. The van der Waals surface area contributed by atoms with Gasteiger partial charge in [-0.05, 0) is 92.9 Å². The van der Waals surface area contributed by atoms with Crippen LogP contribution in [0, 0.1) is 22.7 Å². The van der Waals surface area contributed by atoms with Crippen LogP contribution in [0.25, 0.3) is 0 Å². The number of carbonyl (C=O) groups is 5. The number of hydrogen-bond donors (Lipinski definition) is 6. The van der Waals surface area contributed by atoms with Crippen molar-refractivity contribution in [3.63, 3.8) is 0 Å². The molecule has 0 bridgehead atoms. The molecule has 4 aliphatic carbocycles. The average Bonchev–Trinajstić information content (AvgIpc) is 3.71. The van der Waals surface area contributed by atoms with Gasteiger partial charge in [0.2, 0.25) is 23.0 Å². The van der Waals surface area contributed by atoms with E-state index in [1.54, 1.807) is 30.3 Å². The Hall–Kier alpha value is -6.30. The second-order valence-corrected chi connectivity index (χ2v) is 20.7. The minimum absolute atomic E-state index is 0.0121. The monoisotopic (exact) mass is 996 g/mol. The predicted octanol–water partition coefficient (Wildman–Crippen LogP) is 5.62. The number of ketones is 4. The molecule has 0 aliphatic heterocycles. The summed E-state index contributed by atoms with van der Waals surface area (Å²) in [4.78, 5) is 89.7. The Morgan fingerprint density at radius 3 is 1.79 bits per heavy atom. The molecule has 0 saturated heterocycles. The molecule has 15 nitrogen and oxygen atoms in total. The standard InChI is InChI=1S/C58H60O15/c1-53-28-25-43-44(56(53,70)31-27-42(53)40-22-23-46(62)71-34-40)26-30-55(69)32-41(24-29-54(43,55)35-60)72-57(50(66)45(61)33-59,48(64)37-16-8-3-9-17-37)58(49(65)38-18-10-4-11-19-38,73-52(68)39-20-12-5-13-21-39)51(67)47(63)36-14-6-2-7-15-36/h2-23,34,41-45,50,59-61,66,69-70H,24-33,35H2,1H3/t41?,42-,43?,44-,45-,50-,53-,54+,55+,56+,57+,58-/m1/s1. The Morgan fingerprint density at radius 1 is 0.671 bits per heavy atom. The third-order valence-electron chi connectivity index (χ3n) is 17.4. The molecule has 73 heavy (non-hydrogen) atoms. The summed E-state index contributed by atoms with van der Waals surface area (Å²) in [6, 6.07) is 31.0. The van der Waals surface area contributed by atoms with Crippen LogP contribution >= 0.6 is 0 Å². The van der Waals surface area contributed by atoms with Crippen LogP contribution in [0.15, 0.2) is 149 Å². The quantitative estimate of drug-likeness (QED) is 0.0286. The maximum Gasteiger partial charge on any atom is 0.339 e. The van der Waals surface area contributed by atoms with E-state index in [0.717, 1.165) is 5.56 Å². The summed E-state index contributed by atoms with van der Waals surface area (Å²) in [5, 5.41) is 73.3. The van der Waals surface area contributed by atoms with Gasteiger partial charge >= 0.3 is 11.6 Å².